The van der Waals surface area contributed by atoms with Crippen LogP contribution in [0.4, 0.5) is 0 Å². The smallest absolute Gasteiger partial charge is 0.268 e. The van der Waals surface area contributed by atoms with Gasteiger partial charge in [0.1, 0.15) is 5.69 Å². The second kappa shape index (κ2) is 8.00. The van der Waals surface area contributed by atoms with E-state index in [0.717, 1.165) is 12.8 Å². The molecule has 0 aliphatic carbocycles. The van der Waals surface area contributed by atoms with Gasteiger partial charge in [-0.25, -0.2) is 4.98 Å². The van der Waals surface area contributed by atoms with Crippen molar-refractivity contribution in [3.63, 3.8) is 0 Å². The molecule has 5 nitrogen and oxygen atoms in total. The summed E-state index contributed by atoms with van der Waals surface area (Å²) in [7, 11) is 0. The van der Waals surface area contributed by atoms with Crippen LogP contribution in [0.5, 0.6) is 0 Å². The number of imidazole rings is 1. The summed E-state index contributed by atoms with van der Waals surface area (Å²) in [5.41, 5.74) is 6.69. The maximum Gasteiger partial charge on any atom is 0.268 e. The average molecular weight is 319 g/mol. The van der Waals surface area contributed by atoms with Crippen LogP contribution in [-0.4, -0.2) is 32.9 Å². The number of thioether (sulfide) groups is 1. The summed E-state index contributed by atoms with van der Waals surface area (Å²) in [6, 6.07) is 8.34. The third kappa shape index (κ3) is 4.61. The molecule has 1 amide bonds. The average Bonchev–Trinajstić information content (AvgIpc) is 2.96. The Hall–Kier alpha value is -1.79. The summed E-state index contributed by atoms with van der Waals surface area (Å²) in [4.78, 5) is 16.2. The van der Waals surface area contributed by atoms with E-state index in [1.807, 2.05) is 12.1 Å². The predicted molar refractivity (Wildman–Crippen MR) is 87.9 cm³/mol. The molecule has 1 heterocycles. The molecule has 22 heavy (non-hydrogen) atoms. The minimum atomic E-state index is -0.554. The van der Waals surface area contributed by atoms with Gasteiger partial charge in [0.25, 0.3) is 5.91 Å². The Morgan fingerprint density at radius 1 is 1.45 bits per heavy atom. The van der Waals surface area contributed by atoms with Gasteiger partial charge in [-0.3, -0.25) is 4.79 Å². The fourth-order valence-corrected chi connectivity index (χ4v) is 3.01. The summed E-state index contributed by atoms with van der Waals surface area (Å²) < 4.78 is 1.70. The van der Waals surface area contributed by atoms with Gasteiger partial charge in [-0.2, -0.15) is 0 Å². The van der Waals surface area contributed by atoms with Crippen molar-refractivity contribution >= 4 is 17.7 Å². The second-order valence-electron chi connectivity index (χ2n) is 5.18. The molecule has 3 N–H and O–H groups in total. The number of aryl methyl sites for hydroxylation is 1. The zero-order valence-electron chi connectivity index (χ0n) is 12.6. The van der Waals surface area contributed by atoms with Gasteiger partial charge in [-0.05, 0) is 37.1 Å². The van der Waals surface area contributed by atoms with Crippen LogP contribution in [0.2, 0.25) is 0 Å². The minimum Gasteiger partial charge on any atom is -0.391 e. The maximum atomic E-state index is 11.0. The second-order valence-corrected chi connectivity index (χ2v) is 6.03. The van der Waals surface area contributed by atoms with Crippen LogP contribution in [-0.2, 0) is 13.0 Å². The third-order valence-electron chi connectivity index (χ3n) is 3.48. The number of hydrogen-bond donors (Lipinski definition) is 2. The number of aliphatic hydroxyl groups is 1. The topological polar surface area (TPSA) is 81.1 Å². The van der Waals surface area contributed by atoms with Gasteiger partial charge in [0.15, 0.2) is 0 Å². The number of nitrogens with two attached hydrogens (primary N) is 1. The lowest BCUT2D eigenvalue weighted by atomic mass is 10.1. The molecule has 0 saturated heterocycles. The Bertz CT molecular complexity index is 627. The van der Waals surface area contributed by atoms with Crippen LogP contribution in [0.25, 0.3) is 0 Å². The molecule has 2 aromatic rings. The Kier molecular flexibility index (Phi) is 6.03. The van der Waals surface area contributed by atoms with E-state index in [1.54, 1.807) is 22.5 Å². The van der Waals surface area contributed by atoms with Gasteiger partial charge in [0.05, 0.1) is 12.4 Å². The van der Waals surface area contributed by atoms with E-state index in [9.17, 15) is 9.90 Å². The van der Waals surface area contributed by atoms with Crippen LogP contribution in [0.3, 0.4) is 0 Å². The van der Waals surface area contributed by atoms with Crippen LogP contribution in [0.15, 0.2) is 41.7 Å². The largest absolute Gasteiger partial charge is 0.391 e. The van der Waals surface area contributed by atoms with Crippen molar-refractivity contribution in [2.24, 2.45) is 5.73 Å². The summed E-state index contributed by atoms with van der Waals surface area (Å²) in [5, 5.41) is 10.1. The van der Waals surface area contributed by atoms with Crippen molar-refractivity contribution in [2.75, 3.05) is 6.26 Å². The Morgan fingerprint density at radius 2 is 2.23 bits per heavy atom. The first-order valence-electron chi connectivity index (χ1n) is 7.21. The first-order chi connectivity index (χ1) is 10.6. The quantitative estimate of drug-likeness (QED) is 0.730. The zero-order valence-corrected chi connectivity index (χ0v) is 13.4. The molecule has 0 spiro atoms. The van der Waals surface area contributed by atoms with Crippen molar-refractivity contribution in [3.05, 3.63) is 48.0 Å². The number of nitrogens with zero attached hydrogens (tertiary/aromatic N) is 2. The Labute approximate surface area is 134 Å². The van der Waals surface area contributed by atoms with E-state index in [1.165, 1.54) is 16.8 Å². The first kappa shape index (κ1) is 16.6. The SMILES string of the molecule is CSc1ccccc1CCC[C@H](O)Cn1cnc(C(N)=O)c1. The van der Waals surface area contributed by atoms with Crippen molar-refractivity contribution in [3.8, 4) is 0 Å². The highest BCUT2D eigenvalue weighted by Crippen LogP contribution is 2.21. The van der Waals surface area contributed by atoms with E-state index < -0.39 is 12.0 Å². The van der Waals surface area contributed by atoms with Crippen molar-refractivity contribution < 1.29 is 9.90 Å². The first-order valence-corrected chi connectivity index (χ1v) is 8.44. The molecular weight excluding hydrogens is 298 g/mol. The lowest BCUT2D eigenvalue weighted by Crippen LogP contribution is -2.15. The molecule has 1 atom stereocenters. The molecule has 1 aromatic carbocycles. The summed E-state index contributed by atoms with van der Waals surface area (Å²) in [6.07, 6.45) is 7.26. The number of hydrogen-bond acceptors (Lipinski definition) is 4. The molecule has 1 aromatic heterocycles. The predicted octanol–water partition coefficient (Wildman–Crippen LogP) is 2.09. The van der Waals surface area contributed by atoms with Gasteiger partial charge >= 0.3 is 0 Å². The molecule has 0 unspecified atom stereocenters. The van der Waals surface area contributed by atoms with Crippen LogP contribution in [0, 0.1) is 0 Å². The number of benzene rings is 1. The van der Waals surface area contributed by atoms with Gasteiger partial charge in [-0.1, -0.05) is 18.2 Å². The van der Waals surface area contributed by atoms with E-state index in [4.69, 9.17) is 5.73 Å². The van der Waals surface area contributed by atoms with Crippen molar-refractivity contribution in [1.29, 1.82) is 0 Å². The third-order valence-corrected chi connectivity index (χ3v) is 4.32. The number of rotatable bonds is 8. The van der Waals surface area contributed by atoms with E-state index in [-0.39, 0.29) is 5.69 Å². The number of aromatic nitrogens is 2. The zero-order chi connectivity index (χ0) is 15.9. The molecule has 2 rings (SSSR count). The molecule has 0 aliphatic heterocycles. The Balaban J connectivity index is 1.80. The van der Waals surface area contributed by atoms with Crippen molar-refractivity contribution in [2.45, 2.75) is 36.8 Å². The van der Waals surface area contributed by atoms with Gasteiger partial charge in [0, 0.05) is 17.6 Å². The number of amides is 1. The van der Waals surface area contributed by atoms with Gasteiger partial charge in [-0.15, -0.1) is 11.8 Å². The molecule has 0 fully saturated rings. The fourth-order valence-electron chi connectivity index (χ4n) is 2.36. The summed E-state index contributed by atoms with van der Waals surface area (Å²) >= 11 is 1.74. The molecule has 0 radical (unpaired) electrons. The molecule has 6 heteroatoms. The van der Waals surface area contributed by atoms with Crippen LogP contribution in [0.1, 0.15) is 28.9 Å². The monoisotopic (exact) mass is 319 g/mol. The normalized spacial score (nSPS) is 12.3. The molecule has 0 bridgehead atoms. The van der Waals surface area contributed by atoms with Crippen LogP contribution < -0.4 is 5.73 Å². The van der Waals surface area contributed by atoms with Gasteiger partial charge in [0.2, 0.25) is 0 Å². The fraction of sp³-hybridized carbons (Fsp3) is 0.375. The van der Waals surface area contributed by atoms with Crippen molar-refractivity contribution in [1.82, 2.24) is 9.55 Å². The standard InChI is InChI=1S/C16H21N3O2S/c1-22-15-8-3-2-5-12(15)6-4-7-13(20)9-19-10-14(16(17)21)18-11-19/h2-3,5,8,10-11,13,20H,4,6-7,9H2,1H3,(H2,17,21)/t13-/m0/s1. The number of primary amides is 1. The minimum absolute atomic E-state index is 0.223. The lowest BCUT2D eigenvalue weighted by molar-refractivity contribution is 0.0995. The highest BCUT2D eigenvalue weighted by Gasteiger charge is 2.09. The molecule has 0 saturated carbocycles. The van der Waals surface area contributed by atoms with Crippen LogP contribution >= 0.6 is 11.8 Å². The number of aliphatic hydroxyl groups excluding tert-OH is 1. The van der Waals surface area contributed by atoms with E-state index >= 15 is 0 Å². The highest BCUT2D eigenvalue weighted by molar-refractivity contribution is 7.98. The molecule has 118 valence electrons. The number of carbonyl (C=O) groups excluding carboxylic acids is 1. The summed E-state index contributed by atoms with van der Waals surface area (Å²) in [5.74, 6) is -0.554. The Morgan fingerprint density at radius 3 is 2.91 bits per heavy atom. The van der Waals surface area contributed by atoms with E-state index in [0.29, 0.717) is 13.0 Å². The summed E-state index contributed by atoms with van der Waals surface area (Å²) in [6.45, 7) is 0.421. The molecular formula is C16H21N3O2S. The highest BCUT2D eigenvalue weighted by atomic mass is 32.2. The lowest BCUT2D eigenvalue weighted by Gasteiger charge is -2.12. The maximum absolute atomic E-state index is 11.0. The van der Waals surface area contributed by atoms with E-state index in [2.05, 4.69) is 23.4 Å². The van der Waals surface area contributed by atoms with Gasteiger partial charge < -0.3 is 15.4 Å². The molecule has 0 aliphatic rings. The number of carbonyl (C=O) groups is 1.